The Hall–Kier alpha value is -1.54. The van der Waals surface area contributed by atoms with Crippen LogP contribution in [0.4, 0.5) is 4.39 Å². The van der Waals surface area contributed by atoms with Crippen LogP contribution in [0.1, 0.15) is 16.5 Å². The van der Waals surface area contributed by atoms with Gasteiger partial charge in [0.15, 0.2) is 0 Å². The van der Waals surface area contributed by atoms with E-state index in [1.54, 1.807) is 30.3 Å². The predicted molar refractivity (Wildman–Crippen MR) is 97.0 cm³/mol. The highest BCUT2D eigenvalue weighted by Crippen LogP contribution is 2.29. The highest BCUT2D eigenvalue weighted by Gasteiger charge is 2.25. The van der Waals surface area contributed by atoms with Crippen LogP contribution < -0.4 is 4.72 Å². The Balaban J connectivity index is 2.01. The van der Waals surface area contributed by atoms with E-state index in [2.05, 4.69) is 20.7 Å². The van der Waals surface area contributed by atoms with E-state index in [1.165, 1.54) is 29.5 Å². The summed E-state index contributed by atoms with van der Waals surface area (Å²) < 4.78 is 42.0. The molecule has 0 bridgehead atoms. The first-order valence-corrected chi connectivity index (χ1v) is 10.2. The maximum atomic E-state index is 13.2. The summed E-state index contributed by atoms with van der Waals surface area (Å²) in [5, 5.41) is 1.87. The van der Waals surface area contributed by atoms with Gasteiger partial charge in [0, 0.05) is 9.35 Å². The van der Waals surface area contributed by atoms with Crippen molar-refractivity contribution in [3.63, 3.8) is 0 Å². The lowest BCUT2D eigenvalue weighted by molar-refractivity contribution is 0.572. The number of rotatable bonds is 5. The SMILES string of the molecule is O=S(=O)(NC(c1ccc(F)cc1)c1cccs1)c1ccccc1Br. The Morgan fingerprint density at radius 1 is 1.00 bits per heavy atom. The fourth-order valence-corrected chi connectivity index (χ4v) is 5.37. The summed E-state index contributed by atoms with van der Waals surface area (Å²) in [6, 6.07) is 15.6. The third-order valence-electron chi connectivity index (χ3n) is 3.43. The summed E-state index contributed by atoms with van der Waals surface area (Å²) in [5.74, 6) is -0.364. The zero-order valence-electron chi connectivity index (χ0n) is 12.3. The summed E-state index contributed by atoms with van der Waals surface area (Å²) in [6.07, 6.45) is 0. The van der Waals surface area contributed by atoms with Crippen LogP contribution in [0, 0.1) is 5.82 Å². The molecule has 2 aromatic carbocycles. The van der Waals surface area contributed by atoms with Crippen molar-refractivity contribution in [2.24, 2.45) is 0 Å². The molecule has 24 heavy (non-hydrogen) atoms. The van der Waals surface area contributed by atoms with E-state index in [0.29, 0.717) is 10.0 Å². The second-order valence-electron chi connectivity index (χ2n) is 5.05. The summed E-state index contributed by atoms with van der Waals surface area (Å²) >= 11 is 4.71. The molecule has 0 aliphatic heterocycles. The van der Waals surface area contributed by atoms with E-state index < -0.39 is 16.1 Å². The number of hydrogen-bond donors (Lipinski definition) is 1. The molecular weight excluding hydrogens is 413 g/mol. The van der Waals surface area contributed by atoms with Crippen LogP contribution in [-0.4, -0.2) is 8.42 Å². The third-order valence-corrected chi connectivity index (χ3v) is 6.80. The monoisotopic (exact) mass is 425 g/mol. The standard InChI is InChI=1S/C17H13BrFNO2S2/c18-14-4-1-2-6-16(14)24(21,22)20-17(15-5-3-11-23-15)12-7-9-13(19)10-8-12/h1-11,17,20H. The minimum Gasteiger partial charge on any atom is -0.207 e. The first-order valence-electron chi connectivity index (χ1n) is 7.03. The van der Waals surface area contributed by atoms with Crippen LogP contribution in [0.3, 0.4) is 0 Å². The lowest BCUT2D eigenvalue weighted by Crippen LogP contribution is -2.29. The molecule has 0 amide bonds. The van der Waals surface area contributed by atoms with E-state index in [4.69, 9.17) is 0 Å². The van der Waals surface area contributed by atoms with Gasteiger partial charge >= 0.3 is 0 Å². The summed E-state index contributed by atoms with van der Waals surface area (Å²) in [7, 11) is -3.76. The van der Waals surface area contributed by atoms with Crippen molar-refractivity contribution >= 4 is 37.3 Å². The zero-order chi connectivity index (χ0) is 17.2. The molecule has 0 aliphatic rings. The second-order valence-corrected chi connectivity index (χ2v) is 8.57. The number of halogens is 2. The van der Waals surface area contributed by atoms with Gasteiger partial charge in [0.1, 0.15) is 5.82 Å². The molecule has 1 aromatic heterocycles. The van der Waals surface area contributed by atoms with E-state index in [9.17, 15) is 12.8 Å². The van der Waals surface area contributed by atoms with Crippen molar-refractivity contribution < 1.29 is 12.8 Å². The topological polar surface area (TPSA) is 46.2 Å². The van der Waals surface area contributed by atoms with Crippen LogP contribution in [0.5, 0.6) is 0 Å². The molecule has 0 aliphatic carbocycles. The highest BCUT2D eigenvalue weighted by atomic mass is 79.9. The Morgan fingerprint density at radius 2 is 1.71 bits per heavy atom. The maximum absolute atomic E-state index is 13.2. The molecule has 7 heteroatoms. The van der Waals surface area contributed by atoms with Crippen LogP contribution >= 0.6 is 27.3 Å². The highest BCUT2D eigenvalue weighted by molar-refractivity contribution is 9.10. The van der Waals surface area contributed by atoms with Crippen molar-refractivity contribution in [1.82, 2.24) is 4.72 Å². The molecule has 3 nitrogen and oxygen atoms in total. The van der Waals surface area contributed by atoms with E-state index in [-0.39, 0.29) is 10.7 Å². The third kappa shape index (κ3) is 3.75. The molecule has 3 rings (SSSR count). The minimum atomic E-state index is -3.76. The molecule has 1 heterocycles. The molecule has 1 N–H and O–H groups in total. The van der Waals surface area contributed by atoms with Gasteiger partial charge in [-0.1, -0.05) is 30.3 Å². The normalized spacial score (nSPS) is 12.9. The fraction of sp³-hybridized carbons (Fsp3) is 0.0588. The van der Waals surface area contributed by atoms with Crippen molar-refractivity contribution in [1.29, 1.82) is 0 Å². The zero-order valence-corrected chi connectivity index (χ0v) is 15.5. The van der Waals surface area contributed by atoms with Crippen molar-refractivity contribution in [2.75, 3.05) is 0 Å². The van der Waals surface area contributed by atoms with Crippen LogP contribution in [0.15, 0.2) is 75.4 Å². The molecule has 3 aromatic rings. The van der Waals surface area contributed by atoms with E-state index >= 15 is 0 Å². The summed E-state index contributed by atoms with van der Waals surface area (Å²) in [5.41, 5.74) is 0.675. The smallest absolute Gasteiger partial charge is 0.207 e. The van der Waals surface area contributed by atoms with Crippen LogP contribution in [0.2, 0.25) is 0 Å². The lowest BCUT2D eigenvalue weighted by atomic mass is 10.1. The molecule has 0 radical (unpaired) electrons. The molecule has 1 unspecified atom stereocenters. The Labute approximate surface area is 152 Å². The van der Waals surface area contributed by atoms with Crippen molar-refractivity contribution in [2.45, 2.75) is 10.9 Å². The lowest BCUT2D eigenvalue weighted by Gasteiger charge is -2.19. The average molecular weight is 426 g/mol. The predicted octanol–water partition coefficient (Wildman–Crippen LogP) is 4.72. The van der Waals surface area contributed by atoms with E-state index in [0.717, 1.165) is 4.88 Å². The molecule has 0 saturated carbocycles. The Morgan fingerprint density at radius 3 is 2.33 bits per heavy atom. The van der Waals surface area contributed by atoms with Gasteiger partial charge in [0.05, 0.1) is 10.9 Å². The summed E-state index contributed by atoms with van der Waals surface area (Å²) in [4.78, 5) is 0.992. The fourth-order valence-electron chi connectivity index (χ4n) is 2.28. The van der Waals surface area contributed by atoms with Crippen LogP contribution in [-0.2, 0) is 10.0 Å². The molecule has 1 atom stereocenters. The van der Waals surface area contributed by atoms with Gasteiger partial charge in [-0.3, -0.25) is 0 Å². The average Bonchev–Trinajstić information content (AvgIpc) is 3.08. The van der Waals surface area contributed by atoms with Gasteiger partial charge in [0.25, 0.3) is 0 Å². The number of benzene rings is 2. The quantitative estimate of drug-likeness (QED) is 0.642. The van der Waals surface area contributed by atoms with E-state index in [1.807, 2.05) is 17.5 Å². The molecule has 124 valence electrons. The molecular formula is C17H13BrFNO2S2. The molecule has 0 saturated heterocycles. The van der Waals surface area contributed by atoms with Crippen molar-refractivity contribution in [3.05, 3.63) is 86.8 Å². The Kier molecular flexibility index (Phi) is 5.15. The minimum absolute atomic E-state index is 0.161. The maximum Gasteiger partial charge on any atom is 0.242 e. The Bertz CT molecular complexity index is 925. The second kappa shape index (κ2) is 7.14. The van der Waals surface area contributed by atoms with Gasteiger partial charge in [-0.2, -0.15) is 4.72 Å². The van der Waals surface area contributed by atoms with Crippen molar-refractivity contribution in [3.8, 4) is 0 Å². The molecule has 0 fully saturated rings. The van der Waals surface area contributed by atoms with Crippen LogP contribution in [0.25, 0.3) is 0 Å². The largest absolute Gasteiger partial charge is 0.242 e. The van der Waals surface area contributed by atoms with Gasteiger partial charge in [0.2, 0.25) is 10.0 Å². The number of hydrogen-bond acceptors (Lipinski definition) is 3. The van der Waals surface area contributed by atoms with Gasteiger partial charge in [-0.05, 0) is 57.2 Å². The van der Waals surface area contributed by atoms with Gasteiger partial charge < -0.3 is 0 Å². The molecule has 0 spiro atoms. The van der Waals surface area contributed by atoms with Gasteiger partial charge in [-0.25, -0.2) is 12.8 Å². The number of nitrogens with one attached hydrogen (secondary N) is 1. The summed E-state index contributed by atoms with van der Waals surface area (Å²) in [6.45, 7) is 0. The first-order chi connectivity index (χ1) is 11.5. The number of sulfonamides is 1. The number of thiophene rings is 1. The first kappa shape index (κ1) is 17.3. The van der Waals surface area contributed by atoms with Gasteiger partial charge in [-0.15, -0.1) is 11.3 Å².